The number of thioether (sulfide) groups is 1. The van der Waals surface area contributed by atoms with E-state index in [0.29, 0.717) is 0 Å². The highest BCUT2D eigenvalue weighted by molar-refractivity contribution is 8.02. The van der Waals surface area contributed by atoms with Gasteiger partial charge in [-0.25, -0.2) is 9.78 Å². The summed E-state index contributed by atoms with van der Waals surface area (Å²) in [5.41, 5.74) is 5.68. The number of nitrogen functional groups attached to an aromatic ring is 1. The van der Waals surface area contributed by atoms with Crippen molar-refractivity contribution in [2.75, 3.05) is 12.8 Å². The maximum absolute atomic E-state index is 12.6. The van der Waals surface area contributed by atoms with Gasteiger partial charge in [-0.1, -0.05) is 11.2 Å². The van der Waals surface area contributed by atoms with Crippen molar-refractivity contribution < 1.29 is 24.3 Å². The molecular weight excluding hydrogens is 394 g/mol. The number of oxime groups is 1. The quantitative estimate of drug-likeness (QED) is 0.254. The smallest absolute Gasteiger partial charge is 0.328 e. The first-order valence-corrected chi connectivity index (χ1v) is 9.49. The minimum atomic E-state index is -1.12. The number of aliphatic carboxylic acids is 1. The van der Waals surface area contributed by atoms with Crippen molar-refractivity contribution in [3.05, 3.63) is 23.7 Å². The summed E-state index contributed by atoms with van der Waals surface area (Å²) in [5.74, 6) is -2.27. The topological polar surface area (TPSA) is 147 Å². The Morgan fingerprint density at radius 1 is 1.59 bits per heavy atom. The van der Waals surface area contributed by atoms with Crippen molar-refractivity contribution in [3.8, 4) is 0 Å². The SMILES string of the molecule is C=C[C@@]1(C)S[C@H]2[C@H](NC(=O)C(=NOC)c3csc(N)n3)C(=O)N2C1C(=O)O. The maximum Gasteiger partial charge on any atom is 0.328 e. The van der Waals surface area contributed by atoms with Crippen molar-refractivity contribution >= 4 is 51.7 Å². The van der Waals surface area contributed by atoms with Gasteiger partial charge in [0.25, 0.3) is 5.91 Å². The van der Waals surface area contributed by atoms with Crippen molar-refractivity contribution in [2.45, 2.75) is 29.1 Å². The van der Waals surface area contributed by atoms with E-state index in [4.69, 9.17) is 10.6 Å². The van der Waals surface area contributed by atoms with Crippen LogP contribution in [0.25, 0.3) is 0 Å². The fraction of sp³-hybridized carbons (Fsp3) is 0.400. The first-order valence-electron chi connectivity index (χ1n) is 7.73. The van der Waals surface area contributed by atoms with Crippen LogP contribution in [0.3, 0.4) is 0 Å². The number of aromatic nitrogens is 1. The first-order chi connectivity index (χ1) is 12.7. The zero-order chi connectivity index (χ0) is 19.9. The van der Waals surface area contributed by atoms with E-state index in [1.165, 1.54) is 29.8 Å². The van der Waals surface area contributed by atoms with Crippen LogP contribution in [0.1, 0.15) is 12.6 Å². The number of carboxylic acid groups (broad SMARTS) is 1. The molecule has 0 bridgehead atoms. The predicted octanol–water partition coefficient (Wildman–Crippen LogP) is -0.126. The van der Waals surface area contributed by atoms with Crippen molar-refractivity contribution in [2.24, 2.45) is 5.16 Å². The Labute approximate surface area is 162 Å². The molecule has 144 valence electrons. The van der Waals surface area contributed by atoms with Gasteiger partial charge in [0.2, 0.25) is 5.91 Å². The molecule has 0 saturated carbocycles. The summed E-state index contributed by atoms with van der Waals surface area (Å²) in [5, 5.41) is 17.0. The van der Waals surface area contributed by atoms with Gasteiger partial charge in [-0.05, 0) is 6.92 Å². The number of β-lactam (4-membered cyclic amide) rings is 1. The van der Waals surface area contributed by atoms with E-state index in [1.807, 2.05) is 0 Å². The average Bonchev–Trinajstić information content (AvgIpc) is 3.17. The normalized spacial score (nSPS) is 29.7. The molecule has 2 saturated heterocycles. The number of hydrogen-bond donors (Lipinski definition) is 3. The van der Waals surface area contributed by atoms with Gasteiger partial charge in [0.1, 0.15) is 30.3 Å². The van der Waals surface area contributed by atoms with E-state index in [2.05, 4.69) is 22.0 Å². The maximum atomic E-state index is 12.6. The first kappa shape index (κ1) is 19.2. The molecule has 1 aromatic rings. The summed E-state index contributed by atoms with van der Waals surface area (Å²) in [7, 11) is 1.28. The molecule has 2 aliphatic heterocycles. The standard InChI is InChI=1S/C15H17N5O5S2/c1-4-15(2)9(13(23)24)20-11(22)8(12(20)27-15)18-10(21)7(19-25-3)6-5-26-14(16)17-6/h4-5,8-9,12H,1H2,2-3H3,(H2,16,17)(H,18,21)(H,23,24)/t8-,9?,12+,15-/m1/s1. The molecule has 0 radical (unpaired) electrons. The number of nitrogens with one attached hydrogen (secondary N) is 1. The van der Waals surface area contributed by atoms with E-state index in [-0.39, 0.29) is 16.5 Å². The number of amides is 2. The van der Waals surface area contributed by atoms with Gasteiger partial charge in [0.15, 0.2) is 10.8 Å². The Kier molecular flexibility index (Phi) is 4.86. The Morgan fingerprint density at radius 3 is 2.81 bits per heavy atom. The molecule has 1 aromatic heterocycles. The van der Waals surface area contributed by atoms with Crippen LogP contribution < -0.4 is 11.1 Å². The van der Waals surface area contributed by atoms with Gasteiger partial charge in [-0.3, -0.25) is 9.59 Å². The highest BCUT2D eigenvalue weighted by Crippen LogP contribution is 2.51. The third-order valence-corrected chi connectivity index (χ3v) is 6.68. The second-order valence-corrected chi connectivity index (χ2v) is 8.52. The number of fused-ring (bicyclic) bond motifs is 1. The Bertz CT molecular complexity index is 855. The molecule has 27 heavy (non-hydrogen) atoms. The van der Waals surface area contributed by atoms with Gasteiger partial charge >= 0.3 is 5.97 Å². The largest absolute Gasteiger partial charge is 0.480 e. The molecule has 4 atom stereocenters. The van der Waals surface area contributed by atoms with Gasteiger partial charge < -0.3 is 25.9 Å². The molecule has 0 spiro atoms. The Hall–Kier alpha value is -2.60. The summed E-state index contributed by atoms with van der Waals surface area (Å²) < 4.78 is -0.863. The van der Waals surface area contributed by atoms with Crippen molar-refractivity contribution in [1.29, 1.82) is 0 Å². The molecule has 0 aromatic carbocycles. The molecular formula is C15H17N5O5S2. The van der Waals surface area contributed by atoms with E-state index < -0.39 is 40.0 Å². The lowest BCUT2D eigenvalue weighted by atomic mass is 9.94. The van der Waals surface area contributed by atoms with Crippen LogP contribution in [-0.2, 0) is 19.2 Å². The van der Waals surface area contributed by atoms with Crippen LogP contribution >= 0.6 is 23.1 Å². The number of nitrogens with zero attached hydrogens (tertiary/aromatic N) is 3. The second kappa shape index (κ2) is 6.85. The lowest BCUT2D eigenvalue weighted by molar-refractivity contribution is -0.160. The molecule has 0 aliphatic carbocycles. The highest BCUT2D eigenvalue weighted by atomic mass is 32.2. The van der Waals surface area contributed by atoms with Crippen molar-refractivity contribution in [3.63, 3.8) is 0 Å². The van der Waals surface area contributed by atoms with E-state index in [1.54, 1.807) is 12.3 Å². The number of carbonyl (C=O) groups is 3. The third kappa shape index (κ3) is 3.04. The minimum Gasteiger partial charge on any atom is -0.480 e. The summed E-state index contributed by atoms with van der Waals surface area (Å²) in [6.45, 7) is 5.38. The van der Waals surface area contributed by atoms with Crippen LogP contribution in [-0.4, -0.2) is 67.8 Å². The predicted molar refractivity (Wildman–Crippen MR) is 100 cm³/mol. The van der Waals surface area contributed by atoms with Crippen LogP contribution in [0.4, 0.5) is 5.13 Å². The minimum absolute atomic E-state index is 0.124. The lowest BCUT2D eigenvalue weighted by Gasteiger charge is -2.43. The monoisotopic (exact) mass is 411 g/mol. The lowest BCUT2D eigenvalue weighted by Crippen LogP contribution is -2.71. The number of carboxylic acids is 1. The van der Waals surface area contributed by atoms with E-state index in [0.717, 1.165) is 11.3 Å². The zero-order valence-electron chi connectivity index (χ0n) is 14.4. The van der Waals surface area contributed by atoms with Crippen LogP contribution in [0.5, 0.6) is 0 Å². The molecule has 12 heteroatoms. The molecule has 10 nitrogen and oxygen atoms in total. The zero-order valence-corrected chi connectivity index (χ0v) is 16.0. The molecule has 1 unspecified atom stereocenters. The van der Waals surface area contributed by atoms with Crippen LogP contribution in [0, 0.1) is 0 Å². The fourth-order valence-electron chi connectivity index (χ4n) is 3.04. The van der Waals surface area contributed by atoms with Gasteiger partial charge in [-0.15, -0.1) is 29.7 Å². The molecule has 4 N–H and O–H groups in total. The highest BCUT2D eigenvalue weighted by Gasteiger charge is 2.65. The second-order valence-electron chi connectivity index (χ2n) is 6.03. The Morgan fingerprint density at radius 2 is 2.30 bits per heavy atom. The Balaban J connectivity index is 1.80. The number of hydrogen-bond acceptors (Lipinski definition) is 9. The molecule has 2 amide bonds. The molecule has 3 rings (SSSR count). The summed E-state index contributed by atoms with van der Waals surface area (Å²) in [6.07, 6.45) is 1.51. The molecule has 2 fully saturated rings. The summed E-state index contributed by atoms with van der Waals surface area (Å²) in [4.78, 5) is 46.7. The van der Waals surface area contributed by atoms with Crippen LogP contribution in [0.2, 0.25) is 0 Å². The van der Waals surface area contributed by atoms with Gasteiger partial charge in [0.05, 0.1) is 4.75 Å². The van der Waals surface area contributed by atoms with Crippen LogP contribution in [0.15, 0.2) is 23.2 Å². The summed E-state index contributed by atoms with van der Waals surface area (Å²) >= 11 is 2.40. The molecule has 3 heterocycles. The summed E-state index contributed by atoms with van der Waals surface area (Å²) in [6, 6.07) is -1.93. The third-order valence-electron chi connectivity index (χ3n) is 4.36. The average molecular weight is 411 g/mol. The van der Waals surface area contributed by atoms with Gasteiger partial charge in [0, 0.05) is 5.38 Å². The van der Waals surface area contributed by atoms with E-state index >= 15 is 0 Å². The number of rotatable bonds is 6. The number of anilines is 1. The van der Waals surface area contributed by atoms with E-state index in [9.17, 15) is 19.5 Å². The number of nitrogens with two attached hydrogens (primary N) is 1. The van der Waals surface area contributed by atoms with Gasteiger partial charge in [-0.2, -0.15) is 0 Å². The molecule has 2 aliphatic rings. The fourth-order valence-corrected chi connectivity index (χ4v) is 5.21. The number of thiazole rings is 1. The van der Waals surface area contributed by atoms with Crippen molar-refractivity contribution in [1.82, 2.24) is 15.2 Å². The number of carbonyl (C=O) groups excluding carboxylic acids is 2.